The van der Waals surface area contributed by atoms with E-state index in [0.717, 1.165) is 36.8 Å². The number of thiophene rings is 1. The molecule has 7 heteroatoms. The first-order valence-corrected chi connectivity index (χ1v) is 10.0. The largest absolute Gasteiger partial charge is 0.315 e. The molecule has 1 aliphatic carbocycles. The lowest BCUT2D eigenvalue weighted by Gasteiger charge is -2.17. The molecule has 0 aliphatic heterocycles. The van der Waals surface area contributed by atoms with Gasteiger partial charge in [-0.2, -0.15) is 5.26 Å². The number of carbonyl (C=O) groups is 1. The average molecular weight is 408 g/mol. The Hall–Kier alpha value is -1.58. The number of halogens is 2. The van der Waals surface area contributed by atoms with E-state index in [1.54, 1.807) is 23.5 Å². The lowest BCUT2D eigenvalue weighted by atomic mass is 9.96. The first-order chi connectivity index (χ1) is 12.5. The van der Waals surface area contributed by atoms with E-state index in [1.165, 1.54) is 4.88 Å². The molecule has 3 rings (SSSR count). The van der Waals surface area contributed by atoms with Gasteiger partial charge in [0.05, 0.1) is 12.1 Å². The molecule has 0 radical (unpaired) electrons. The van der Waals surface area contributed by atoms with Crippen LogP contribution in [0.25, 0.3) is 0 Å². The number of benzene rings is 1. The molecular formula is C19H19Cl2N3OS. The normalized spacial score (nSPS) is 13.3. The van der Waals surface area contributed by atoms with E-state index in [1.807, 2.05) is 18.0 Å². The highest BCUT2D eigenvalue weighted by molar-refractivity contribution is 7.16. The van der Waals surface area contributed by atoms with Crippen molar-refractivity contribution in [2.24, 2.45) is 0 Å². The molecule has 0 spiro atoms. The summed E-state index contributed by atoms with van der Waals surface area (Å²) in [6, 6.07) is 7.61. The molecule has 26 heavy (non-hydrogen) atoms. The summed E-state index contributed by atoms with van der Waals surface area (Å²) in [6.07, 6.45) is 4.19. The van der Waals surface area contributed by atoms with Crippen LogP contribution in [0.5, 0.6) is 0 Å². The van der Waals surface area contributed by atoms with E-state index in [0.29, 0.717) is 27.2 Å². The minimum Gasteiger partial charge on any atom is -0.315 e. The SMILES string of the molecule is CN(CC(=O)Nc1sc2c(c1C#N)CCCC2)Cc1ccc(Cl)cc1Cl. The van der Waals surface area contributed by atoms with Crippen LogP contribution in [0.1, 0.15) is 34.4 Å². The number of hydrogen-bond donors (Lipinski definition) is 1. The Bertz CT molecular complexity index is 872. The van der Waals surface area contributed by atoms with Crippen molar-refractivity contribution in [1.82, 2.24) is 4.90 Å². The molecule has 0 bridgehead atoms. The molecule has 2 aromatic rings. The zero-order valence-electron chi connectivity index (χ0n) is 14.4. The molecule has 136 valence electrons. The van der Waals surface area contributed by atoms with Crippen molar-refractivity contribution in [2.75, 3.05) is 18.9 Å². The minimum absolute atomic E-state index is 0.132. The lowest BCUT2D eigenvalue weighted by Crippen LogP contribution is -2.29. The summed E-state index contributed by atoms with van der Waals surface area (Å²) < 4.78 is 0. The van der Waals surface area contributed by atoms with Crippen LogP contribution in [-0.4, -0.2) is 24.4 Å². The molecule has 1 N–H and O–H groups in total. The van der Waals surface area contributed by atoms with Gasteiger partial charge in [-0.15, -0.1) is 11.3 Å². The van der Waals surface area contributed by atoms with Crippen molar-refractivity contribution in [2.45, 2.75) is 32.2 Å². The number of fused-ring (bicyclic) bond motifs is 1. The predicted molar refractivity (Wildman–Crippen MR) is 107 cm³/mol. The van der Waals surface area contributed by atoms with Crippen LogP contribution in [0.2, 0.25) is 10.0 Å². The molecule has 1 aliphatic rings. The molecule has 1 heterocycles. The summed E-state index contributed by atoms with van der Waals surface area (Å²) >= 11 is 13.6. The maximum Gasteiger partial charge on any atom is 0.239 e. The molecule has 0 saturated heterocycles. The number of nitrogens with zero attached hydrogens (tertiary/aromatic N) is 2. The van der Waals surface area contributed by atoms with Crippen molar-refractivity contribution in [3.05, 3.63) is 49.8 Å². The van der Waals surface area contributed by atoms with Gasteiger partial charge in [0.1, 0.15) is 11.1 Å². The van der Waals surface area contributed by atoms with E-state index in [-0.39, 0.29) is 12.5 Å². The third kappa shape index (κ3) is 4.39. The smallest absolute Gasteiger partial charge is 0.239 e. The summed E-state index contributed by atoms with van der Waals surface area (Å²) in [5, 5.41) is 14.3. The van der Waals surface area contributed by atoms with Crippen LogP contribution in [0.3, 0.4) is 0 Å². The van der Waals surface area contributed by atoms with Crippen LogP contribution < -0.4 is 5.32 Å². The molecule has 0 saturated carbocycles. The fourth-order valence-electron chi connectivity index (χ4n) is 3.18. The Morgan fingerprint density at radius 1 is 1.35 bits per heavy atom. The van der Waals surface area contributed by atoms with Crippen LogP contribution in [0, 0.1) is 11.3 Å². The number of rotatable bonds is 5. The maximum atomic E-state index is 12.4. The molecule has 0 fully saturated rings. The van der Waals surface area contributed by atoms with Crippen LogP contribution >= 0.6 is 34.5 Å². The zero-order chi connectivity index (χ0) is 18.7. The minimum atomic E-state index is -0.132. The summed E-state index contributed by atoms with van der Waals surface area (Å²) in [5.41, 5.74) is 2.68. The molecule has 1 aromatic heterocycles. The van der Waals surface area contributed by atoms with E-state index in [4.69, 9.17) is 23.2 Å². The number of likely N-dealkylation sites (N-methyl/N-ethyl adjacent to an activating group) is 1. The zero-order valence-corrected chi connectivity index (χ0v) is 16.8. The first kappa shape index (κ1) is 19.2. The van der Waals surface area contributed by atoms with Gasteiger partial charge in [-0.25, -0.2) is 0 Å². The van der Waals surface area contributed by atoms with E-state index >= 15 is 0 Å². The van der Waals surface area contributed by atoms with Crippen molar-refractivity contribution in [3.63, 3.8) is 0 Å². The Morgan fingerprint density at radius 2 is 2.12 bits per heavy atom. The quantitative estimate of drug-likeness (QED) is 0.768. The number of aryl methyl sites for hydroxylation is 1. The van der Waals surface area contributed by atoms with Crippen molar-refractivity contribution in [1.29, 1.82) is 5.26 Å². The lowest BCUT2D eigenvalue weighted by molar-refractivity contribution is -0.117. The second kappa shape index (κ2) is 8.41. The second-order valence-electron chi connectivity index (χ2n) is 6.48. The topological polar surface area (TPSA) is 56.1 Å². The number of hydrogen-bond acceptors (Lipinski definition) is 4. The summed E-state index contributed by atoms with van der Waals surface area (Å²) in [6.45, 7) is 0.752. The standard InChI is InChI=1S/C19H19Cl2N3OS/c1-24(10-12-6-7-13(20)8-16(12)21)11-18(25)23-19-15(9-22)14-4-2-3-5-17(14)26-19/h6-8H,2-5,10-11H2,1H3,(H,23,25). The van der Waals surface area contributed by atoms with Gasteiger partial charge in [0, 0.05) is 21.5 Å². The van der Waals surface area contributed by atoms with Crippen molar-refractivity contribution >= 4 is 45.4 Å². The summed E-state index contributed by atoms with van der Waals surface area (Å²) in [4.78, 5) is 15.5. The van der Waals surface area contributed by atoms with Crippen LogP contribution in [-0.2, 0) is 24.2 Å². The van der Waals surface area contributed by atoms with Crippen molar-refractivity contribution < 1.29 is 4.79 Å². The van der Waals surface area contributed by atoms with E-state index < -0.39 is 0 Å². The first-order valence-electron chi connectivity index (χ1n) is 8.45. The summed E-state index contributed by atoms with van der Waals surface area (Å²) in [5.74, 6) is -0.132. The highest BCUT2D eigenvalue weighted by Gasteiger charge is 2.22. The molecule has 1 aromatic carbocycles. The predicted octanol–water partition coefficient (Wildman–Crippen LogP) is 4.88. The fourth-order valence-corrected chi connectivity index (χ4v) is 4.90. The Kier molecular flexibility index (Phi) is 6.20. The number of nitriles is 1. The second-order valence-corrected chi connectivity index (χ2v) is 8.43. The Labute approximate surface area is 167 Å². The van der Waals surface area contributed by atoms with Gasteiger partial charge >= 0.3 is 0 Å². The number of amides is 1. The third-order valence-electron chi connectivity index (χ3n) is 4.40. The van der Waals surface area contributed by atoms with Crippen LogP contribution in [0.15, 0.2) is 18.2 Å². The highest BCUT2D eigenvalue weighted by Crippen LogP contribution is 2.37. The Morgan fingerprint density at radius 3 is 2.85 bits per heavy atom. The van der Waals surface area contributed by atoms with Crippen molar-refractivity contribution in [3.8, 4) is 6.07 Å². The van der Waals surface area contributed by atoms with Gasteiger partial charge < -0.3 is 5.32 Å². The van der Waals surface area contributed by atoms with E-state index in [9.17, 15) is 10.1 Å². The number of nitrogens with one attached hydrogen (secondary N) is 1. The summed E-state index contributed by atoms with van der Waals surface area (Å²) in [7, 11) is 1.86. The fraction of sp³-hybridized carbons (Fsp3) is 0.368. The number of carbonyl (C=O) groups excluding carboxylic acids is 1. The van der Waals surface area contributed by atoms with E-state index in [2.05, 4.69) is 11.4 Å². The van der Waals surface area contributed by atoms with Gasteiger partial charge in [-0.1, -0.05) is 29.3 Å². The molecule has 0 unspecified atom stereocenters. The highest BCUT2D eigenvalue weighted by atomic mass is 35.5. The van der Waals surface area contributed by atoms with Crippen LogP contribution in [0.4, 0.5) is 5.00 Å². The molecule has 0 atom stereocenters. The third-order valence-corrected chi connectivity index (χ3v) is 6.20. The average Bonchev–Trinajstić information content (AvgIpc) is 2.94. The van der Waals surface area contributed by atoms with Gasteiger partial charge in [0.25, 0.3) is 0 Å². The monoisotopic (exact) mass is 407 g/mol. The van der Waals surface area contributed by atoms with Gasteiger partial charge in [-0.3, -0.25) is 9.69 Å². The van der Waals surface area contributed by atoms with Gasteiger partial charge in [0.15, 0.2) is 0 Å². The van der Waals surface area contributed by atoms with Gasteiger partial charge in [0.2, 0.25) is 5.91 Å². The Balaban J connectivity index is 1.64. The number of anilines is 1. The van der Waals surface area contributed by atoms with Gasteiger partial charge in [-0.05, 0) is 56.0 Å². The molecule has 1 amide bonds. The molecular weight excluding hydrogens is 389 g/mol. The molecule has 4 nitrogen and oxygen atoms in total. The maximum absolute atomic E-state index is 12.4.